The van der Waals surface area contributed by atoms with Gasteiger partial charge < -0.3 is 14.6 Å². The molecule has 0 aromatic heterocycles. The Hall–Kier alpha value is -0.120. The van der Waals surface area contributed by atoms with Gasteiger partial charge >= 0.3 is 0 Å². The van der Waals surface area contributed by atoms with Gasteiger partial charge in [-0.25, -0.2) is 0 Å². The van der Waals surface area contributed by atoms with Gasteiger partial charge in [-0.1, -0.05) is 6.92 Å². The second-order valence-corrected chi connectivity index (χ2v) is 3.26. The minimum atomic E-state index is -0.654. The van der Waals surface area contributed by atoms with Crippen molar-refractivity contribution in [1.29, 1.82) is 0 Å². The quantitative estimate of drug-likeness (QED) is 0.617. The molecule has 1 saturated heterocycles. The summed E-state index contributed by atoms with van der Waals surface area (Å²) >= 11 is 0. The highest BCUT2D eigenvalue weighted by Gasteiger charge is 2.37. The molecule has 1 unspecified atom stereocenters. The summed E-state index contributed by atoms with van der Waals surface area (Å²) in [5.41, 5.74) is 0.191. The summed E-state index contributed by atoms with van der Waals surface area (Å²) in [6.45, 7) is 5.91. The van der Waals surface area contributed by atoms with Gasteiger partial charge in [0.2, 0.25) is 0 Å². The summed E-state index contributed by atoms with van der Waals surface area (Å²) in [7, 11) is 0. The van der Waals surface area contributed by atoms with Crippen molar-refractivity contribution in [2.75, 3.05) is 19.8 Å². The first kappa shape index (κ1) is 8.97. The Balaban J connectivity index is 2.22. The first-order chi connectivity index (χ1) is 5.18. The molecule has 3 nitrogen and oxygen atoms in total. The third kappa shape index (κ3) is 2.15. The van der Waals surface area contributed by atoms with Crippen LogP contribution < -0.4 is 0 Å². The first-order valence-corrected chi connectivity index (χ1v) is 4.06. The zero-order chi connectivity index (χ0) is 8.32. The van der Waals surface area contributed by atoms with Gasteiger partial charge in [-0.3, -0.25) is 0 Å². The molecule has 0 aromatic rings. The Morgan fingerprint density at radius 2 is 2.27 bits per heavy atom. The Morgan fingerprint density at radius 3 is 2.55 bits per heavy atom. The van der Waals surface area contributed by atoms with E-state index in [2.05, 4.69) is 6.92 Å². The van der Waals surface area contributed by atoms with Crippen molar-refractivity contribution in [1.82, 2.24) is 0 Å². The molecule has 0 aromatic carbocycles. The van der Waals surface area contributed by atoms with Crippen molar-refractivity contribution in [2.24, 2.45) is 5.41 Å². The molecule has 1 fully saturated rings. The number of aliphatic hydroxyl groups is 1. The summed E-state index contributed by atoms with van der Waals surface area (Å²) in [4.78, 5) is 0. The summed E-state index contributed by atoms with van der Waals surface area (Å²) in [6.07, 6.45) is 0.402. The number of aliphatic hydroxyl groups excluding tert-OH is 1. The molecule has 1 aliphatic rings. The van der Waals surface area contributed by atoms with E-state index in [9.17, 15) is 0 Å². The molecule has 3 heteroatoms. The lowest BCUT2D eigenvalue weighted by Crippen LogP contribution is -2.46. The maximum absolute atomic E-state index is 8.87. The zero-order valence-corrected chi connectivity index (χ0v) is 7.17. The molecule has 0 saturated carbocycles. The molecular formula is C8H16O3. The smallest absolute Gasteiger partial charge is 0.151 e. The van der Waals surface area contributed by atoms with Gasteiger partial charge in [0.05, 0.1) is 19.8 Å². The maximum Gasteiger partial charge on any atom is 0.151 e. The standard InChI is InChI=1S/C8H16O3/c1-3-8(4-10-5-8)6-11-7(2)9/h7,9H,3-6H2,1-2H3. The van der Waals surface area contributed by atoms with Crippen molar-refractivity contribution in [2.45, 2.75) is 26.6 Å². The molecule has 66 valence electrons. The van der Waals surface area contributed by atoms with E-state index in [1.807, 2.05) is 0 Å². The first-order valence-electron chi connectivity index (χ1n) is 4.06. The average Bonchev–Trinajstić information content (AvgIpc) is 1.86. The van der Waals surface area contributed by atoms with Gasteiger partial charge in [0.25, 0.3) is 0 Å². The topological polar surface area (TPSA) is 38.7 Å². The molecule has 1 aliphatic heterocycles. The highest BCUT2D eigenvalue weighted by atomic mass is 16.6. The maximum atomic E-state index is 8.87. The lowest BCUT2D eigenvalue weighted by molar-refractivity contribution is -0.188. The van der Waals surface area contributed by atoms with E-state index in [4.69, 9.17) is 14.6 Å². The van der Waals surface area contributed by atoms with Gasteiger partial charge in [0.15, 0.2) is 6.29 Å². The third-order valence-corrected chi connectivity index (χ3v) is 2.20. The van der Waals surface area contributed by atoms with Crippen LogP contribution in [-0.2, 0) is 9.47 Å². The lowest BCUT2D eigenvalue weighted by Gasteiger charge is -2.40. The summed E-state index contributed by atoms with van der Waals surface area (Å²) < 4.78 is 10.2. The molecule has 0 amide bonds. The molecule has 0 aliphatic carbocycles. The number of hydrogen-bond donors (Lipinski definition) is 1. The SMILES string of the molecule is CCC1(COC(C)O)COC1. The normalized spacial score (nSPS) is 24.3. The van der Waals surface area contributed by atoms with Gasteiger partial charge in [0.1, 0.15) is 0 Å². The summed E-state index contributed by atoms with van der Waals surface area (Å²) in [5, 5.41) is 8.87. The Bertz CT molecular complexity index is 113. The average molecular weight is 160 g/mol. The predicted molar refractivity (Wildman–Crippen MR) is 41.2 cm³/mol. The number of rotatable bonds is 4. The molecule has 0 radical (unpaired) electrons. The van der Waals surface area contributed by atoms with Crippen molar-refractivity contribution in [3.05, 3.63) is 0 Å². The van der Waals surface area contributed by atoms with E-state index in [1.165, 1.54) is 0 Å². The van der Waals surface area contributed by atoms with E-state index in [0.717, 1.165) is 19.6 Å². The van der Waals surface area contributed by atoms with Crippen LogP contribution in [0.1, 0.15) is 20.3 Å². The highest BCUT2D eigenvalue weighted by Crippen LogP contribution is 2.31. The van der Waals surface area contributed by atoms with Gasteiger partial charge in [0, 0.05) is 5.41 Å². The lowest BCUT2D eigenvalue weighted by atomic mass is 9.84. The Labute approximate surface area is 67.3 Å². The van der Waals surface area contributed by atoms with E-state index >= 15 is 0 Å². The van der Waals surface area contributed by atoms with E-state index in [0.29, 0.717) is 6.61 Å². The minimum absolute atomic E-state index is 0.191. The van der Waals surface area contributed by atoms with Gasteiger partial charge in [-0.2, -0.15) is 0 Å². The second-order valence-electron chi connectivity index (χ2n) is 3.26. The van der Waals surface area contributed by atoms with E-state index in [1.54, 1.807) is 6.92 Å². The predicted octanol–water partition coefficient (Wildman–Crippen LogP) is 0.768. The Kier molecular flexibility index (Phi) is 2.87. The molecule has 1 atom stereocenters. The summed E-state index contributed by atoms with van der Waals surface area (Å²) in [6, 6.07) is 0. The molecule has 11 heavy (non-hydrogen) atoms. The van der Waals surface area contributed by atoms with Gasteiger partial charge in [-0.15, -0.1) is 0 Å². The zero-order valence-electron chi connectivity index (χ0n) is 7.17. The minimum Gasteiger partial charge on any atom is -0.380 e. The molecule has 0 spiro atoms. The van der Waals surface area contributed by atoms with Gasteiger partial charge in [-0.05, 0) is 13.3 Å². The molecular weight excluding hydrogens is 144 g/mol. The molecule has 1 rings (SSSR count). The van der Waals surface area contributed by atoms with Crippen LogP contribution in [0.4, 0.5) is 0 Å². The largest absolute Gasteiger partial charge is 0.380 e. The Morgan fingerprint density at radius 1 is 1.64 bits per heavy atom. The van der Waals surface area contributed by atoms with Crippen molar-refractivity contribution in [3.8, 4) is 0 Å². The molecule has 1 heterocycles. The van der Waals surface area contributed by atoms with Crippen LogP contribution >= 0.6 is 0 Å². The monoisotopic (exact) mass is 160 g/mol. The fourth-order valence-corrected chi connectivity index (χ4v) is 1.08. The van der Waals surface area contributed by atoms with E-state index < -0.39 is 6.29 Å². The molecule has 1 N–H and O–H groups in total. The number of ether oxygens (including phenoxy) is 2. The fourth-order valence-electron chi connectivity index (χ4n) is 1.08. The van der Waals surface area contributed by atoms with Crippen LogP contribution in [-0.4, -0.2) is 31.2 Å². The van der Waals surface area contributed by atoms with Crippen molar-refractivity contribution >= 4 is 0 Å². The summed E-state index contributed by atoms with van der Waals surface area (Å²) in [5.74, 6) is 0. The van der Waals surface area contributed by atoms with E-state index in [-0.39, 0.29) is 5.41 Å². The van der Waals surface area contributed by atoms with Crippen LogP contribution in [0.5, 0.6) is 0 Å². The van der Waals surface area contributed by atoms with Crippen LogP contribution in [0, 0.1) is 5.41 Å². The van der Waals surface area contributed by atoms with Crippen molar-refractivity contribution < 1.29 is 14.6 Å². The highest BCUT2D eigenvalue weighted by molar-refractivity contribution is 4.83. The second kappa shape index (κ2) is 3.52. The number of hydrogen-bond acceptors (Lipinski definition) is 3. The molecule has 0 bridgehead atoms. The van der Waals surface area contributed by atoms with Crippen LogP contribution in [0.2, 0.25) is 0 Å². The van der Waals surface area contributed by atoms with Crippen molar-refractivity contribution in [3.63, 3.8) is 0 Å². The fraction of sp³-hybridized carbons (Fsp3) is 1.00. The van der Waals surface area contributed by atoms with Crippen LogP contribution in [0.25, 0.3) is 0 Å². The van der Waals surface area contributed by atoms with Crippen LogP contribution in [0.3, 0.4) is 0 Å². The van der Waals surface area contributed by atoms with Crippen LogP contribution in [0.15, 0.2) is 0 Å². The third-order valence-electron chi connectivity index (χ3n) is 2.20.